The van der Waals surface area contributed by atoms with E-state index in [0.717, 1.165) is 0 Å². The summed E-state index contributed by atoms with van der Waals surface area (Å²) >= 11 is 0. The maximum absolute atomic E-state index is 11.9. The topological polar surface area (TPSA) is 79.3 Å². The quantitative estimate of drug-likeness (QED) is 0.782. The van der Waals surface area contributed by atoms with E-state index in [4.69, 9.17) is 5.11 Å². The lowest BCUT2D eigenvalue weighted by Gasteiger charge is -2.08. The van der Waals surface area contributed by atoms with E-state index in [-0.39, 0.29) is 18.2 Å². The first kappa shape index (κ1) is 16.5. The molecule has 2 N–H and O–H groups in total. The molecule has 0 saturated carbocycles. The van der Waals surface area contributed by atoms with Gasteiger partial charge >= 0.3 is 0 Å². The van der Waals surface area contributed by atoms with E-state index in [0.29, 0.717) is 24.5 Å². The maximum Gasteiger partial charge on any atom is 0.233 e. The van der Waals surface area contributed by atoms with Gasteiger partial charge in [0.05, 0.1) is 12.4 Å². The van der Waals surface area contributed by atoms with Gasteiger partial charge in [-0.15, -0.1) is 0 Å². The summed E-state index contributed by atoms with van der Waals surface area (Å²) in [7, 11) is -3.37. The van der Waals surface area contributed by atoms with Gasteiger partial charge in [0.25, 0.3) is 0 Å². The fourth-order valence-corrected chi connectivity index (χ4v) is 2.69. The highest BCUT2D eigenvalue weighted by Crippen LogP contribution is 2.09. The van der Waals surface area contributed by atoms with Crippen LogP contribution in [0, 0.1) is 17.8 Å². The summed E-state index contributed by atoms with van der Waals surface area (Å²) in [5.41, 5.74) is 0.475. The SMILES string of the molecule is CC(C)CCS(=O)(=O)Nc1cccc(C#CCCO)n1. The van der Waals surface area contributed by atoms with E-state index in [1.165, 1.54) is 0 Å². The Morgan fingerprint density at radius 1 is 1.40 bits per heavy atom. The van der Waals surface area contributed by atoms with Crippen LogP contribution in [-0.2, 0) is 10.0 Å². The molecule has 6 heteroatoms. The molecule has 110 valence electrons. The van der Waals surface area contributed by atoms with Gasteiger partial charge in [-0.3, -0.25) is 4.72 Å². The van der Waals surface area contributed by atoms with Crippen LogP contribution in [0.25, 0.3) is 0 Å². The second-order valence-corrected chi connectivity index (χ2v) is 6.63. The van der Waals surface area contributed by atoms with Crippen molar-refractivity contribution in [1.29, 1.82) is 0 Å². The van der Waals surface area contributed by atoms with Crippen molar-refractivity contribution in [2.24, 2.45) is 5.92 Å². The van der Waals surface area contributed by atoms with Crippen molar-refractivity contribution < 1.29 is 13.5 Å². The summed E-state index contributed by atoms with van der Waals surface area (Å²) in [6, 6.07) is 4.97. The highest BCUT2D eigenvalue weighted by atomic mass is 32.2. The molecule has 1 rings (SSSR count). The largest absolute Gasteiger partial charge is 0.395 e. The highest BCUT2D eigenvalue weighted by Gasteiger charge is 2.12. The van der Waals surface area contributed by atoms with Gasteiger partial charge in [-0.25, -0.2) is 13.4 Å². The van der Waals surface area contributed by atoms with Crippen LogP contribution in [0.3, 0.4) is 0 Å². The maximum atomic E-state index is 11.9. The fraction of sp³-hybridized carbons (Fsp3) is 0.500. The lowest BCUT2D eigenvalue weighted by Crippen LogP contribution is -2.18. The number of sulfonamides is 1. The Morgan fingerprint density at radius 2 is 2.15 bits per heavy atom. The molecular formula is C14H20N2O3S. The number of hydrogen-bond donors (Lipinski definition) is 2. The van der Waals surface area contributed by atoms with Crippen molar-refractivity contribution in [2.75, 3.05) is 17.1 Å². The number of nitrogens with one attached hydrogen (secondary N) is 1. The molecule has 0 saturated heterocycles. The number of aliphatic hydroxyl groups excluding tert-OH is 1. The lowest BCUT2D eigenvalue weighted by atomic mass is 10.2. The van der Waals surface area contributed by atoms with E-state index in [1.54, 1.807) is 18.2 Å². The zero-order valence-corrected chi connectivity index (χ0v) is 12.6. The molecule has 0 bridgehead atoms. The van der Waals surface area contributed by atoms with Crippen molar-refractivity contribution in [3.05, 3.63) is 23.9 Å². The minimum atomic E-state index is -3.37. The molecule has 0 aromatic carbocycles. The number of anilines is 1. The second-order valence-electron chi connectivity index (χ2n) is 4.79. The molecule has 0 aliphatic rings. The standard InChI is InChI=1S/C14H20N2O3S/c1-12(2)9-11-20(18,19)16-14-8-5-7-13(15-14)6-3-4-10-17/h5,7-8,12,17H,4,9-11H2,1-2H3,(H,15,16). The van der Waals surface area contributed by atoms with Crippen molar-refractivity contribution in [1.82, 2.24) is 4.98 Å². The molecule has 0 radical (unpaired) electrons. The Bertz CT molecular complexity index is 586. The highest BCUT2D eigenvalue weighted by molar-refractivity contribution is 7.92. The minimum absolute atomic E-state index is 0.00543. The molecule has 0 spiro atoms. The smallest absolute Gasteiger partial charge is 0.233 e. The van der Waals surface area contributed by atoms with Crippen LogP contribution in [-0.4, -0.2) is 30.9 Å². The van der Waals surface area contributed by atoms with Crippen LogP contribution in [0.15, 0.2) is 18.2 Å². The number of rotatable bonds is 6. The van der Waals surface area contributed by atoms with Gasteiger partial charge in [-0.1, -0.05) is 25.8 Å². The summed E-state index contributed by atoms with van der Waals surface area (Å²) in [5, 5.41) is 8.64. The average molecular weight is 296 g/mol. The van der Waals surface area contributed by atoms with Crippen LogP contribution < -0.4 is 4.72 Å². The van der Waals surface area contributed by atoms with Crippen LogP contribution in [0.1, 0.15) is 32.4 Å². The molecular weight excluding hydrogens is 276 g/mol. The molecule has 0 amide bonds. The monoisotopic (exact) mass is 296 g/mol. The molecule has 20 heavy (non-hydrogen) atoms. The van der Waals surface area contributed by atoms with Gasteiger partial charge in [-0.05, 0) is 30.4 Å². The van der Waals surface area contributed by atoms with E-state index in [1.807, 2.05) is 13.8 Å². The van der Waals surface area contributed by atoms with E-state index < -0.39 is 10.0 Å². The molecule has 1 aromatic rings. The Balaban J connectivity index is 2.73. The lowest BCUT2D eigenvalue weighted by molar-refractivity contribution is 0.305. The number of nitrogens with zero attached hydrogens (tertiary/aromatic N) is 1. The molecule has 1 aromatic heterocycles. The molecule has 0 aliphatic carbocycles. The molecule has 0 fully saturated rings. The van der Waals surface area contributed by atoms with Crippen molar-refractivity contribution >= 4 is 15.8 Å². The normalized spacial score (nSPS) is 11.0. The first-order valence-electron chi connectivity index (χ1n) is 6.50. The predicted octanol–water partition coefficient (Wildman–Crippen LogP) is 1.60. The van der Waals surface area contributed by atoms with Gasteiger partial charge in [0.1, 0.15) is 11.5 Å². The van der Waals surface area contributed by atoms with Gasteiger partial charge < -0.3 is 5.11 Å². The van der Waals surface area contributed by atoms with E-state index >= 15 is 0 Å². The second kappa shape index (κ2) is 7.88. The molecule has 5 nitrogen and oxygen atoms in total. The van der Waals surface area contributed by atoms with Crippen molar-refractivity contribution in [3.63, 3.8) is 0 Å². The van der Waals surface area contributed by atoms with Crippen LogP contribution >= 0.6 is 0 Å². The number of hydrogen-bond acceptors (Lipinski definition) is 4. The molecule has 0 unspecified atom stereocenters. The third-order valence-electron chi connectivity index (χ3n) is 2.43. The summed E-state index contributed by atoms with van der Waals surface area (Å²) in [4.78, 5) is 4.11. The van der Waals surface area contributed by atoms with Gasteiger partial charge in [0.2, 0.25) is 10.0 Å². The summed E-state index contributed by atoms with van der Waals surface area (Å²) in [5.74, 6) is 6.18. The van der Waals surface area contributed by atoms with Gasteiger partial charge in [0.15, 0.2) is 0 Å². The predicted molar refractivity (Wildman–Crippen MR) is 79.7 cm³/mol. The summed E-state index contributed by atoms with van der Waals surface area (Å²) < 4.78 is 26.2. The number of pyridine rings is 1. The number of aromatic nitrogens is 1. The zero-order chi connectivity index (χ0) is 15.0. The summed E-state index contributed by atoms with van der Waals surface area (Å²) in [6.45, 7) is 3.95. The zero-order valence-electron chi connectivity index (χ0n) is 11.8. The molecule has 0 atom stereocenters. The van der Waals surface area contributed by atoms with Crippen LogP contribution in [0.5, 0.6) is 0 Å². The van der Waals surface area contributed by atoms with Crippen molar-refractivity contribution in [2.45, 2.75) is 26.7 Å². The fourth-order valence-electron chi connectivity index (χ4n) is 1.37. The molecule has 1 heterocycles. The van der Waals surface area contributed by atoms with Crippen LogP contribution in [0.2, 0.25) is 0 Å². The van der Waals surface area contributed by atoms with E-state index in [2.05, 4.69) is 21.5 Å². The Labute approximate surface area is 120 Å². The number of aliphatic hydroxyl groups is 1. The Hall–Kier alpha value is -1.58. The minimum Gasteiger partial charge on any atom is -0.395 e. The first-order valence-corrected chi connectivity index (χ1v) is 8.15. The average Bonchev–Trinajstić information content (AvgIpc) is 2.37. The van der Waals surface area contributed by atoms with Crippen molar-refractivity contribution in [3.8, 4) is 11.8 Å². The van der Waals surface area contributed by atoms with Crippen LogP contribution in [0.4, 0.5) is 5.82 Å². The Kier molecular flexibility index (Phi) is 6.49. The van der Waals surface area contributed by atoms with Gasteiger partial charge in [0, 0.05) is 6.42 Å². The van der Waals surface area contributed by atoms with E-state index in [9.17, 15) is 8.42 Å². The third kappa shape index (κ3) is 6.55. The first-order chi connectivity index (χ1) is 9.43. The third-order valence-corrected chi connectivity index (χ3v) is 3.72. The molecule has 0 aliphatic heterocycles. The summed E-state index contributed by atoms with van der Waals surface area (Å²) in [6.07, 6.45) is 0.970. The Morgan fingerprint density at radius 3 is 2.80 bits per heavy atom. The van der Waals surface area contributed by atoms with Gasteiger partial charge in [-0.2, -0.15) is 0 Å².